The van der Waals surface area contributed by atoms with Crippen LogP contribution >= 0.6 is 11.3 Å². The summed E-state index contributed by atoms with van der Waals surface area (Å²) in [6.07, 6.45) is 1.94. The van der Waals surface area contributed by atoms with Gasteiger partial charge in [0, 0.05) is 37.9 Å². The zero-order valence-corrected chi connectivity index (χ0v) is 20.0. The van der Waals surface area contributed by atoms with Crippen LogP contribution in [0.1, 0.15) is 32.2 Å². The van der Waals surface area contributed by atoms with Crippen molar-refractivity contribution in [3.05, 3.63) is 51.7 Å². The molecule has 33 heavy (non-hydrogen) atoms. The van der Waals surface area contributed by atoms with Gasteiger partial charge in [0.2, 0.25) is 5.95 Å². The Morgan fingerprint density at radius 1 is 1.21 bits per heavy atom. The molecule has 10 nitrogen and oxygen atoms in total. The maximum Gasteiger partial charge on any atom is 0.347 e. The Hall–Kier alpha value is -3.09. The lowest BCUT2D eigenvalue weighted by molar-refractivity contribution is 0.0701. The quantitative estimate of drug-likeness (QED) is 0.455. The van der Waals surface area contributed by atoms with Crippen molar-refractivity contribution in [1.29, 1.82) is 0 Å². The highest BCUT2D eigenvalue weighted by Gasteiger charge is 2.22. The molecule has 3 aromatic rings. The summed E-state index contributed by atoms with van der Waals surface area (Å²) in [5.74, 6) is 0.00332. The molecule has 0 atom stereocenters. The van der Waals surface area contributed by atoms with Gasteiger partial charge in [-0.15, -0.1) is 0 Å². The second kappa shape index (κ2) is 9.04. The Bertz CT molecular complexity index is 1310. The molecule has 1 aliphatic rings. The fraction of sp³-hybridized carbons (Fsp3) is 0.333. The van der Waals surface area contributed by atoms with Crippen LogP contribution in [-0.2, 0) is 29.3 Å². The van der Waals surface area contributed by atoms with Gasteiger partial charge in [-0.25, -0.2) is 23.2 Å². The van der Waals surface area contributed by atoms with E-state index >= 15 is 0 Å². The fourth-order valence-corrected chi connectivity index (χ4v) is 4.96. The van der Waals surface area contributed by atoms with Crippen molar-refractivity contribution >= 4 is 44.0 Å². The number of thiazole rings is 1. The van der Waals surface area contributed by atoms with Gasteiger partial charge in [-0.2, -0.15) is 4.98 Å². The summed E-state index contributed by atoms with van der Waals surface area (Å²) in [5, 5.41) is 16.1. The fourth-order valence-electron chi connectivity index (χ4n) is 3.54. The van der Waals surface area contributed by atoms with Gasteiger partial charge < -0.3 is 15.3 Å². The highest BCUT2D eigenvalue weighted by molar-refractivity contribution is 7.90. The molecule has 0 saturated heterocycles. The topological polar surface area (TPSA) is 137 Å². The van der Waals surface area contributed by atoms with Crippen molar-refractivity contribution in [3.8, 4) is 0 Å². The molecule has 0 bridgehead atoms. The van der Waals surface area contributed by atoms with Crippen molar-refractivity contribution in [2.45, 2.75) is 31.3 Å². The number of hydrogen-bond acceptors (Lipinski definition) is 10. The highest BCUT2D eigenvalue weighted by atomic mass is 32.2. The van der Waals surface area contributed by atoms with Crippen LogP contribution in [0.2, 0.25) is 0 Å². The van der Waals surface area contributed by atoms with E-state index in [2.05, 4.69) is 30.5 Å². The predicted octanol–water partition coefficient (Wildman–Crippen LogP) is 2.69. The number of anilines is 3. The standard InChI is InChI=1S/C21H24N6O4S2/c1-12-17(19(28)29)32-21(23-12)26-20-24-16-8-9-27(2)11-15(16)18(25-20)22-10-13-4-6-14(7-5-13)33(3,30)31/h4-7H,8-11H2,1-3H3,(H,28,29)(H2,22,23,24,25,26). The number of carboxylic acids is 1. The normalized spacial score (nSPS) is 14.0. The number of aromatic carboxylic acids is 1. The Kier molecular flexibility index (Phi) is 6.32. The van der Waals surface area contributed by atoms with Crippen LogP contribution in [0.5, 0.6) is 0 Å². The van der Waals surface area contributed by atoms with Crippen LogP contribution < -0.4 is 10.6 Å². The lowest BCUT2D eigenvalue weighted by Crippen LogP contribution is -2.29. The van der Waals surface area contributed by atoms with Crippen LogP contribution in [0.15, 0.2) is 29.2 Å². The number of rotatable bonds is 7. The molecule has 2 aromatic heterocycles. The van der Waals surface area contributed by atoms with E-state index in [1.165, 1.54) is 6.26 Å². The molecule has 0 saturated carbocycles. The van der Waals surface area contributed by atoms with Gasteiger partial charge in [0.05, 0.1) is 16.3 Å². The number of aromatic nitrogens is 3. The molecule has 0 fully saturated rings. The van der Waals surface area contributed by atoms with Crippen LogP contribution in [0.4, 0.5) is 16.9 Å². The number of benzene rings is 1. The first kappa shape index (κ1) is 23.1. The number of hydrogen-bond donors (Lipinski definition) is 3. The molecule has 0 aliphatic carbocycles. The number of carboxylic acid groups (broad SMARTS) is 1. The van der Waals surface area contributed by atoms with Crippen molar-refractivity contribution < 1.29 is 18.3 Å². The van der Waals surface area contributed by atoms with Crippen molar-refractivity contribution in [2.24, 2.45) is 0 Å². The lowest BCUT2D eigenvalue weighted by Gasteiger charge is -2.26. The maximum atomic E-state index is 11.7. The van der Waals surface area contributed by atoms with Gasteiger partial charge in [-0.3, -0.25) is 5.32 Å². The first-order chi connectivity index (χ1) is 15.6. The summed E-state index contributed by atoms with van der Waals surface area (Å²) in [5.41, 5.74) is 3.27. The minimum absolute atomic E-state index is 0.174. The van der Waals surface area contributed by atoms with E-state index in [1.807, 2.05) is 7.05 Å². The molecule has 0 spiro atoms. The van der Waals surface area contributed by atoms with E-state index in [4.69, 9.17) is 0 Å². The van der Waals surface area contributed by atoms with Crippen LogP contribution in [0, 0.1) is 6.92 Å². The van der Waals surface area contributed by atoms with Gasteiger partial charge in [0.15, 0.2) is 15.0 Å². The third-order valence-electron chi connectivity index (χ3n) is 5.27. The summed E-state index contributed by atoms with van der Waals surface area (Å²) in [6, 6.07) is 6.73. The zero-order valence-electron chi connectivity index (χ0n) is 18.4. The summed E-state index contributed by atoms with van der Waals surface area (Å²) >= 11 is 1.04. The van der Waals surface area contributed by atoms with E-state index < -0.39 is 15.8 Å². The molecule has 0 amide bonds. The average Bonchev–Trinajstić information content (AvgIpc) is 3.12. The zero-order chi connectivity index (χ0) is 23.8. The van der Waals surface area contributed by atoms with Gasteiger partial charge in [0.25, 0.3) is 0 Å². The minimum atomic E-state index is -3.24. The second-order valence-corrected chi connectivity index (χ2v) is 11.0. The van der Waals surface area contributed by atoms with E-state index in [0.717, 1.165) is 41.1 Å². The molecule has 0 unspecified atom stereocenters. The second-order valence-electron chi connectivity index (χ2n) is 7.94. The number of nitrogens with one attached hydrogen (secondary N) is 2. The number of likely N-dealkylation sites (N-methyl/N-ethyl adjacent to an activating group) is 1. The summed E-state index contributed by atoms with van der Waals surface area (Å²) < 4.78 is 23.4. The lowest BCUT2D eigenvalue weighted by atomic mass is 10.1. The van der Waals surface area contributed by atoms with Crippen LogP contribution in [-0.4, -0.2) is 59.2 Å². The van der Waals surface area contributed by atoms with Gasteiger partial charge >= 0.3 is 5.97 Å². The Morgan fingerprint density at radius 2 is 1.94 bits per heavy atom. The molecular weight excluding hydrogens is 464 g/mol. The number of aryl methyl sites for hydroxylation is 1. The average molecular weight is 489 g/mol. The Labute approximate surface area is 195 Å². The Morgan fingerprint density at radius 3 is 2.58 bits per heavy atom. The number of carbonyl (C=O) groups is 1. The third kappa shape index (κ3) is 5.29. The smallest absolute Gasteiger partial charge is 0.347 e. The first-order valence-electron chi connectivity index (χ1n) is 10.2. The molecule has 3 heterocycles. The monoisotopic (exact) mass is 488 g/mol. The van der Waals surface area contributed by atoms with Crippen LogP contribution in [0.25, 0.3) is 0 Å². The van der Waals surface area contributed by atoms with Crippen LogP contribution in [0.3, 0.4) is 0 Å². The minimum Gasteiger partial charge on any atom is -0.477 e. The molecule has 12 heteroatoms. The number of fused-ring (bicyclic) bond motifs is 1. The molecule has 174 valence electrons. The molecule has 1 aromatic carbocycles. The van der Waals surface area contributed by atoms with Crippen molar-refractivity contribution in [1.82, 2.24) is 19.9 Å². The van der Waals surface area contributed by atoms with E-state index in [9.17, 15) is 18.3 Å². The number of sulfone groups is 1. The number of nitrogens with zero attached hydrogens (tertiary/aromatic N) is 4. The van der Waals surface area contributed by atoms with E-state index in [0.29, 0.717) is 35.7 Å². The molecular formula is C21H24N6O4S2. The Balaban J connectivity index is 1.59. The van der Waals surface area contributed by atoms with E-state index in [-0.39, 0.29) is 9.77 Å². The molecule has 1 aliphatic heterocycles. The largest absolute Gasteiger partial charge is 0.477 e. The highest BCUT2D eigenvalue weighted by Crippen LogP contribution is 2.29. The predicted molar refractivity (Wildman–Crippen MR) is 126 cm³/mol. The summed E-state index contributed by atoms with van der Waals surface area (Å²) in [4.78, 5) is 27.5. The third-order valence-corrected chi connectivity index (χ3v) is 7.46. The SMILES string of the molecule is Cc1nc(Nc2nc3c(c(NCc4ccc(S(C)(=O)=O)cc4)n2)CN(C)CC3)sc1C(=O)O. The maximum absolute atomic E-state index is 11.7. The van der Waals surface area contributed by atoms with Gasteiger partial charge in [-0.05, 0) is 31.7 Å². The van der Waals surface area contributed by atoms with Gasteiger partial charge in [0.1, 0.15) is 10.7 Å². The summed E-state index contributed by atoms with van der Waals surface area (Å²) in [6.45, 7) is 3.67. The molecule has 3 N–H and O–H groups in total. The van der Waals surface area contributed by atoms with Gasteiger partial charge in [-0.1, -0.05) is 23.5 Å². The molecule has 4 rings (SSSR count). The first-order valence-corrected chi connectivity index (χ1v) is 12.9. The molecule has 0 radical (unpaired) electrons. The van der Waals surface area contributed by atoms with Crippen molar-refractivity contribution in [2.75, 3.05) is 30.5 Å². The van der Waals surface area contributed by atoms with E-state index in [1.54, 1.807) is 31.2 Å². The summed E-state index contributed by atoms with van der Waals surface area (Å²) in [7, 11) is -1.21. The van der Waals surface area contributed by atoms with Crippen molar-refractivity contribution in [3.63, 3.8) is 0 Å².